The molecule has 0 spiro atoms. The highest BCUT2D eigenvalue weighted by Crippen LogP contribution is 2.38. The van der Waals surface area contributed by atoms with Crippen LogP contribution in [0.15, 0.2) is 103 Å². The van der Waals surface area contributed by atoms with Crippen molar-refractivity contribution in [3.8, 4) is 33.4 Å². The van der Waals surface area contributed by atoms with Gasteiger partial charge in [0, 0.05) is 0 Å². The van der Waals surface area contributed by atoms with Crippen LogP contribution in [0.5, 0.6) is 0 Å². The average molecular weight is 387 g/mol. The highest BCUT2D eigenvalue weighted by molar-refractivity contribution is 5.84. The molecule has 0 fully saturated rings. The predicted octanol–water partition coefficient (Wildman–Crippen LogP) is 8.43. The van der Waals surface area contributed by atoms with Gasteiger partial charge >= 0.3 is 0 Å². The van der Waals surface area contributed by atoms with Gasteiger partial charge in [0.05, 0.1) is 0 Å². The number of allylic oxidation sites excluding steroid dienone is 1. The van der Waals surface area contributed by atoms with Gasteiger partial charge in [-0.15, -0.1) is 0 Å². The van der Waals surface area contributed by atoms with E-state index in [1.54, 1.807) is 5.57 Å². The number of fused-ring (bicyclic) bond motifs is 1. The van der Waals surface area contributed by atoms with Crippen LogP contribution in [0, 0.1) is 0 Å². The smallest absolute Gasteiger partial charge is 0.00517 e. The van der Waals surface area contributed by atoms with Crippen molar-refractivity contribution in [2.75, 3.05) is 0 Å². The van der Waals surface area contributed by atoms with Crippen LogP contribution in [0.1, 0.15) is 30.9 Å². The van der Waals surface area contributed by atoms with Crippen LogP contribution >= 0.6 is 0 Å². The minimum Gasteiger partial charge on any atom is -0.0652 e. The second-order valence-corrected chi connectivity index (χ2v) is 8.13. The zero-order valence-electron chi connectivity index (χ0n) is 17.4. The van der Waals surface area contributed by atoms with Gasteiger partial charge in [-0.25, -0.2) is 0 Å². The van der Waals surface area contributed by atoms with E-state index in [0.29, 0.717) is 0 Å². The average Bonchev–Trinajstić information content (AvgIpc) is 3.23. The fourth-order valence-electron chi connectivity index (χ4n) is 4.56. The first-order chi connectivity index (χ1) is 14.8. The maximum atomic E-state index is 2.40. The lowest BCUT2D eigenvalue weighted by Crippen LogP contribution is -1.92. The van der Waals surface area contributed by atoms with Crippen molar-refractivity contribution >= 4 is 6.08 Å². The van der Waals surface area contributed by atoms with Crippen LogP contribution in [0.4, 0.5) is 0 Å². The number of benzene rings is 4. The van der Waals surface area contributed by atoms with Gasteiger partial charge in [0.15, 0.2) is 0 Å². The fourth-order valence-corrected chi connectivity index (χ4v) is 4.56. The third-order valence-corrected chi connectivity index (χ3v) is 6.01. The van der Waals surface area contributed by atoms with Gasteiger partial charge in [0.1, 0.15) is 0 Å². The Bertz CT molecular complexity index is 1140. The number of hydrogen-bond donors (Lipinski definition) is 0. The van der Waals surface area contributed by atoms with E-state index < -0.39 is 0 Å². The highest BCUT2D eigenvalue weighted by Gasteiger charge is 2.17. The van der Waals surface area contributed by atoms with Crippen LogP contribution in [0.2, 0.25) is 0 Å². The molecule has 0 saturated heterocycles. The summed E-state index contributed by atoms with van der Waals surface area (Å²) in [5, 5.41) is 0. The molecular formula is C30H26. The molecule has 0 nitrogen and oxygen atoms in total. The van der Waals surface area contributed by atoms with E-state index >= 15 is 0 Å². The van der Waals surface area contributed by atoms with E-state index in [1.165, 1.54) is 57.3 Å². The summed E-state index contributed by atoms with van der Waals surface area (Å²) in [4.78, 5) is 0. The van der Waals surface area contributed by atoms with E-state index in [4.69, 9.17) is 0 Å². The molecule has 0 saturated carbocycles. The summed E-state index contributed by atoms with van der Waals surface area (Å²) in [6.07, 6.45) is 5.88. The molecule has 30 heavy (non-hydrogen) atoms. The Kier molecular flexibility index (Phi) is 5.07. The van der Waals surface area contributed by atoms with Crippen LogP contribution in [0.3, 0.4) is 0 Å². The topological polar surface area (TPSA) is 0 Å². The Morgan fingerprint density at radius 2 is 1.20 bits per heavy atom. The first-order valence-corrected chi connectivity index (χ1v) is 10.9. The van der Waals surface area contributed by atoms with Crippen molar-refractivity contribution in [3.05, 3.63) is 114 Å². The third kappa shape index (κ3) is 3.62. The third-order valence-electron chi connectivity index (χ3n) is 6.01. The lowest BCUT2D eigenvalue weighted by atomic mass is 9.90. The van der Waals surface area contributed by atoms with Crippen molar-refractivity contribution in [2.24, 2.45) is 0 Å². The molecule has 0 atom stereocenters. The monoisotopic (exact) mass is 386 g/mol. The van der Waals surface area contributed by atoms with Gasteiger partial charge in [-0.3, -0.25) is 0 Å². The van der Waals surface area contributed by atoms with Crippen LogP contribution < -0.4 is 0 Å². The second-order valence-electron chi connectivity index (χ2n) is 8.13. The minimum atomic E-state index is 1.08. The van der Waals surface area contributed by atoms with Crippen molar-refractivity contribution in [2.45, 2.75) is 26.2 Å². The maximum Gasteiger partial charge on any atom is -0.00517 e. The molecule has 4 aromatic rings. The van der Waals surface area contributed by atoms with E-state index in [-0.39, 0.29) is 0 Å². The van der Waals surface area contributed by atoms with E-state index in [2.05, 4.69) is 110 Å². The first-order valence-electron chi connectivity index (χ1n) is 10.9. The molecule has 1 aliphatic carbocycles. The van der Waals surface area contributed by atoms with E-state index in [0.717, 1.165) is 6.42 Å². The molecule has 0 amide bonds. The number of hydrogen-bond acceptors (Lipinski definition) is 0. The van der Waals surface area contributed by atoms with Gasteiger partial charge in [0.25, 0.3) is 0 Å². The molecular weight excluding hydrogens is 360 g/mol. The highest BCUT2D eigenvalue weighted by atomic mass is 14.2. The molecule has 0 N–H and O–H groups in total. The Morgan fingerprint density at radius 1 is 0.600 bits per heavy atom. The second kappa shape index (κ2) is 8.16. The Hall–Kier alpha value is -3.38. The zero-order valence-corrected chi connectivity index (χ0v) is 17.4. The van der Waals surface area contributed by atoms with Gasteiger partial charge in [-0.1, -0.05) is 104 Å². The summed E-state index contributed by atoms with van der Waals surface area (Å²) in [6, 6.07) is 35.2. The van der Waals surface area contributed by atoms with Gasteiger partial charge < -0.3 is 0 Å². The standard InChI is InChI=1S/C30H26/c1-2-10-22-17-25-15-9-16-29(30(25)18-22)28-20-26(23-11-5-3-6-12-23)19-27(21-28)24-13-7-4-8-14-24/h3-9,11-17,19-21H,2,10,18H2,1H3. The lowest BCUT2D eigenvalue weighted by molar-refractivity contribution is 0.887. The molecule has 0 radical (unpaired) electrons. The van der Waals surface area contributed by atoms with Crippen molar-refractivity contribution in [1.82, 2.24) is 0 Å². The van der Waals surface area contributed by atoms with Gasteiger partial charge in [0.2, 0.25) is 0 Å². The summed E-state index contributed by atoms with van der Waals surface area (Å²) in [5.74, 6) is 0. The molecule has 4 aromatic carbocycles. The SMILES string of the molecule is CCCC1=Cc2cccc(-c3cc(-c4ccccc4)cc(-c4ccccc4)c3)c2C1. The molecule has 0 aliphatic heterocycles. The fraction of sp³-hybridized carbons (Fsp3) is 0.133. The van der Waals surface area contributed by atoms with Gasteiger partial charge in [-0.05, 0) is 75.5 Å². The van der Waals surface area contributed by atoms with Gasteiger partial charge in [-0.2, -0.15) is 0 Å². The summed E-state index contributed by atoms with van der Waals surface area (Å²) < 4.78 is 0. The van der Waals surface area contributed by atoms with Crippen molar-refractivity contribution in [3.63, 3.8) is 0 Å². The van der Waals surface area contributed by atoms with Crippen molar-refractivity contribution in [1.29, 1.82) is 0 Å². The Labute approximate surface area is 179 Å². The molecule has 0 aromatic heterocycles. The van der Waals surface area contributed by atoms with Crippen LogP contribution in [-0.2, 0) is 6.42 Å². The first kappa shape index (κ1) is 18.6. The summed E-state index contributed by atoms with van der Waals surface area (Å²) in [5.41, 5.74) is 12.1. The minimum absolute atomic E-state index is 1.08. The summed E-state index contributed by atoms with van der Waals surface area (Å²) in [6.45, 7) is 2.26. The van der Waals surface area contributed by atoms with Crippen LogP contribution in [0.25, 0.3) is 39.5 Å². The maximum absolute atomic E-state index is 2.40. The van der Waals surface area contributed by atoms with Crippen LogP contribution in [-0.4, -0.2) is 0 Å². The quantitative estimate of drug-likeness (QED) is 0.323. The Balaban J connectivity index is 1.66. The zero-order chi connectivity index (χ0) is 20.3. The normalized spacial score (nSPS) is 12.5. The molecule has 5 rings (SSSR count). The largest absolute Gasteiger partial charge is 0.0652 e. The lowest BCUT2D eigenvalue weighted by Gasteiger charge is -2.14. The Morgan fingerprint density at radius 3 is 1.80 bits per heavy atom. The summed E-state index contributed by atoms with van der Waals surface area (Å²) >= 11 is 0. The molecule has 0 bridgehead atoms. The molecule has 0 heterocycles. The van der Waals surface area contributed by atoms with Crippen molar-refractivity contribution < 1.29 is 0 Å². The molecule has 0 heteroatoms. The molecule has 0 unspecified atom stereocenters. The molecule has 1 aliphatic rings. The van der Waals surface area contributed by atoms with E-state index in [1.807, 2.05) is 0 Å². The summed E-state index contributed by atoms with van der Waals surface area (Å²) in [7, 11) is 0. The molecule has 146 valence electrons. The predicted molar refractivity (Wildman–Crippen MR) is 129 cm³/mol. The number of rotatable bonds is 5. The van der Waals surface area contributed by atoms with E-state index in [9.17, 15) is 0 Å².